The molecule has 0 spiro atoms. The van der Waals surface area contributed by atoms with Crippen LogP contribution in [0.4, 0.5) is 0 Å². The summed E-state index contributed by atoms with van der Waals surface area (Å²) in [5.74, 6) is -0.896. The highest BCUT2D eigenvalue weighted by Gasteiger charge is 2.32. The van der Waals surface area contributed by atoms with Crippen molar-refractivity contribution >= 4 is 11.9 Å². The molecular weight excluding hydrogens is 308 g/mol. The fourth-order valence-electron chi connectivity index (χ4n) is 3.15. The van der Waals surface area contributed by atoms with Gasteiger partial charge in [0.05, 0.1) is 18.9 Å². The van der Waals surface area contributed by atoms with Crippen LogP contribution in [0.15, 0.2) is 47.2 Å². The highest BCUT2D eigenvalue weighted by Crippen LogP contribution is 2.38. The van der Waals surface area contributed by atoms with Gasteiger partial charge in [-0.1, -0.05) is 24.3 Å². The Morgan fingerprint density at radius 3 is 2.71 bits per heavy atom. The normalized spacial score (nSPS) is 23.1. The van der Waals surface area contributed by atoms with Gasteiger partial charge >= 0.3 is 11.9 Å². The van der Waals surface area contributed by atoms with Crippen molar-refractivity contribution in [2.45, 2.75) is 38.9 Å². The van der Waals surface area contributed by atoms with E-state index >= 15 is 0 Å². The molecule has 24 heavy (non-hydrogen) atoms. The van der Waals surface area contributed by atoms with E-state index in [1.807, 2.05) is 18.2 Å². The van der Waals surface area contributed by atoms with E-state index in [1.54, 1.807) is 13.8 Å². The van der Waals surface area contributed by atoms with E-state index in [4.69, 9.17) is 14.2 Å². The van der Waals surface area contributed by atoms with Crippen LogP contribution in [0.3, 0.4) is 0 Å². The molecular formula is C19H20O5. The second-order valence-electron chi connectivity index (χ2n) is 6.04. The number of carbonyl (C=O) groups is 2. The number of methoxy groups -OCH3 is 1. The molecule has 1 heterocycles. The van der Waals surface area contributed by atoms with Gasteiger partial charge in [0.2, 0.25) is 0 Å². The first-order chi connectivity index (χ1) is 11.5. The van der Waals surface area contributed by atoms with Crippen LogP contribution in [-0.4, -0.2) is 25.3 Å². The number of carbonyl (C=O) groups excluding carboxylic acids is 2. The van der Waals surface area contributed by atoms with Crippen molar-refractivity contribution in [2.75, 3.05) is 7.11 Å². The van der Waals surface area contributed by atoms with Crippen molar-refractivity contribution < 1.29 is 23.8 Å². The lowest BCUT2D eigenvalue weighted by molar-refractivity contribution is -0.153. The van der Waals surface area contributed by atoms with Crippen LogP contribution in [-0.2, 0) is 30.2 Å². The summed E-state index contributed by atoms with van der Waals surface area (Å²) in [6.07, 6.45) is 2.33. The molecule has 5 heteroatoms. The Kier molecular flexibility index (Phi) is 4.42. The van der Waals surface area contributed by atoms with Gasteiger partial charge in [0.15, 0.2) is 0 Å². The molecule has 2 unspecified atom stereocenters. The number of esters is 2. The van der Waals surface area contributed by atoms with Gasteiger partial charge in [-0.2, -0.15) is 0 Å². The molecule has 126 valence electrons. The van der Waals surface area contributed by atoms with Crippen LogP contribution in [0.5, 0.6) is 0 Å². The molecule has 3 rings (SSSR count). The molecule has 2 aliphatic rings. The summed E-state index contributed by atoms with van der Waals surface area (Å²) < 4.78 is 15.7. The maximum atomic E-state index is 12.2. The zero-order valence-electron chi connectivity index (χ0n) is 14.0. The number of aryl methyl sites for hydroxylation is 1. The van der Waals surface area contributed by atoms with E-state index in [0.29, 0.717) is 16.7 Å². The number of hydrogen-bond donors (Lipinski definition) is 0. The SMILES string of the molecule is COC(=O)/C(=C/OC1OC(=O)C(C)=C1C)C1CCc2ccccc21. The second kappa shape index (κ2) is 6.51. The molecule has 5 nitrogen and oxygen atoms in total. The Balaban J connectivity index is 1.86. The quantitative estimate of drug-likeness (QED) is 0.483. The van der Waals surface area contributed by atoms with Crippen LogP contribution >= 0.6 is 0 Å². The van der Waals surface area contributed by atoms with Gasteiger partial charge in [-0.05, 0) is 37.8 Å². The first-order valence-corrected chi connectivity index (χ1v) is 7.93. The van der Waals surface area contributed by atoms with E-state index in [-0.39, 0.29) is 5.92 Å². The van der Waals surface area contributed by atoms with Gasteiger partial charge < -0.3 is 14.2 Å². The number of benzene rings is 1. The lowest BCUT2D eigenvalue weighted by Gasteiger charge is -2.17. The van der Waals surface area contributed by atoms with Gasteiger partial charge in [-0.25, -0.2) is 9.59 Å². The lowest BCUT2D eigenvalue weighted by Crippen LogP contribution is -2.16. The second-order valence-corrected chi connectivity index (χ2v) is 6.04. The van der Waals surface area contributed by atoms with Crippen molar-refractivity contribution in [2.24, 2.45) is 0 Å². The summed E-state index contributed by atoms with van der Waals surface area (Å²) in [6.45, 7) is 3.47. The van der Waals surface area contributed by atoms with E-state index in [0.717, 1.165) is 18.4 Å². The highest BCUT2D eigenvalue weighted by molar-refractivity contribution is 5.91. The third kappa shape index (κ3) is 2.82. The van der Waals surface area contributed by atoms with E-state index < -0.39 is 18.2 Å². The summed E-state index contributed by atoms with van der Waals surface area (Å²) in [7, 11) is 1.35. The molecule has 0 saturated carbocycles. The highest BCUT2D eigenvalue weighted by atomic mass is 16.7. The molecule has 0 amide bonds. The smallest absolute Gasteiger partial charge is 0.337 e. The minimum atomic E-state index is -0.784. The van der Waals surface area contributed by atoms with Gasteiger partial charge in [0.1, 0.15) is 0 Å². The molecule has 0 fully saturated rings. The average molecular weight is 328 g/mol. The van der Waals surface area contributed by atoms with Gasteiger partial charge in [0, 0.05) is 17.1 Å². The third-order valence-corrected chi connectivity index (χ3v) is 4.71. The van der Waals surface area contributed by atoms with Gasteiger partial charge in [0.25, 0.3) is 6.29 Å². The Morgan fingerprint density at radius 2 is 2.04 bits per heavy atom. The zero-order chi connectivity index (χ0) is 17.3. The first kappa shape index (κ1) is 16.3. The summed E-state index contributed by atoms with van der Waals surface area (Å²) in [5.41, 5.74) is 4.04. The predicted octanol–water partition coefficient (Wildman–Crippen LogP) is 3.01. The Morgan fingerprint density at radius 1 is 1.29 bits per heavy atom. The Labute approximate surface area is 140 Å². The van der Waals surface area contributed by atoms with Crippen LogP contribution in [0.25, 0.3) is 0 Å². The third-order valence-electron chi connectivity index (χ3n) is 4.71. The van der Waals surface area contributed by atoms with E-state index in [1.165, 1.54) is 18.9 Å². The Bertz CT molecular complexity index is 744. The molecule has 1 aromatic carbocycles. The summed E-state index contributed by atoms with van der Waals surface area (Å²) in [5, 5.41) is 0. The number of fused-ring (bicyclic) bond motifs is 1. The van der Waals surface area contributed by atoms with Crippen molar-refractivity contribution in [3.63, 3.8) is 0 Å². The van der Waals surface area contributed by atoms with Crippen molar-refractivity contribution in [1.82, 2.24) is 0 Å². The van der Waals surface area contributed by atoms with Crippen LogP contribution in [0.1, 0.15) is 37.3 Å². The van der Waals surface area contributed by atoms with Gasteiger partial charge in [-0.15, -0.1) is 0 Å². The predicted molar refractivity (Wildman–Crippen MR) is 86.9 cm³/mol. The topological polar surface area (TPSA) is 61.8 Å². The van der Waals surface area contributed by atoms with Crippen LogP contribution in [0.2, 0.25) is 0 Å². The Hall–Kier alpha value is -2.56. The minimum absolute atomic E-state index is 0.0730. The molecule has 1 aromatic rings. The largest absolute Gasteiger partial charge is 0.466 e. The first-order valence-electron chi connectivity index (χ1n) is 7.93. The molecule has 0 N–H and O–H groups in total. The molecule has 0 saturated heterocycles. The van der Waals surface area contributed by atoms with Gasteiger partial charge in [-0.3, -0.25) is 0 Å². The molecule has 0 aromatic heterocycles. The lowest BCUT2D eigenvalue weighted by atomic mass is 9.93. The molecule has 2 atom stereocenters. The molecule has 1 aliphatic heterocycles. The van der Waals surface area contributed by atoms with Crippen molar-refractivity contribution in [3.8, 4) is 0 Å². The zero-order valence-corrected chi connectivity index (χ0v) is 14.0. The number of cyclic esters (lactones) is 1. The fraction of sp³-hybridized carbons (Fsp3) is 0.368. The number of rotatable bonds is 4. The molecule has 0 bridgehead atoms. The summed E-state index contributed by atoms with van der Waals surface area (Å²) >= 11 is 0. The maximum Gasteiger partial charge on any atom is 0.337 e. The fourth-order valence-corrected chi connectivity index (χ4v) is 3.15. The minimum Gasteiger partial charge on any atom is -0.466 e. The summed E-state index contributed by atoms with van der Waals surface area (Å²) in [4.78, 5) is 23.8. The number of ether oxygens (including phenoxy) is 3. The van der Waals surface area contributed by atoms with E-state index in [9.17, 15) is 9.59 Å². The molecule has 1 aliphatic carbocycles. The maximum absolute atomic E-state index is 12.2. The summed E-state index contributed by atoms with van der Waals surface area (Å²) in [6, 6.07) is 8.05. The van der Waals surface area contributed by atoms with E-state index in [2.05, 4.69) is 6.07 Å². The molecule has 0 radical (unpaired) electrons. The van der Waals surface area contributed by atoms with Crippen LogP contribution in [0, 0.1) is 0 Å². The van der Waals surface area contributed by atoms with Crippen molar-refractivity contribution in [1.29, 1.82) is 0 Å². The van der Waals surface area contributed by atoms with Crippen LogP contribution < -0.4 is 0 Å². The van der Waals surface area contributed by atoms with Crippen molar-refractivity contribution in [3.05, 3.63) is 58.4 Å². The monoisotopic (exact) mass is 328 g/mol. The average Bonchev–Trinajstić information content (AvgIpc) is 3.12. The standard InChI is InChI=1S/C19H20O5/c1-11-12(2)19(24-17(11)20)23-10-16(18(21)22-3)15-9-8-13-6-4-5-7-14(13)15/h4-7,10,15,19H,8-9H2,1-3H3/b16-10+. The number of hydrogen-bond acceptors (Lipinski definition) is 5.